The summed E-state index contributed by atoms with van der Waals surface area (Å²) in [6.07, 6.45) is 3.16. The number of aliphatic hydroxyl groups is 1. The van der Waals surface area contributed by atoms with Crippen molar-refractivity contribution in [2.45, 2.75) is 44.8 Å². The Morgan fingerprint density at radius 2 is 2.00 bits per heavy atom. The lowest BCUT2D eigenvalue weighted by molar-refractivity contribution is -0.133. The average Bonchev–Trinajstić information content (AvgIpc) is 2.21. The molecule has 1 aliphatic rings. The van der Waals surface area contributed by atoms with Crippen molar-refractivity contribution in [3.05, 3.63) is 0 Å². The van der Waals surface area contributed by atoms with Gasteiger partial charge in [0.1, 0.15) is 0 Å². The maximum Gasteiger partial charge on any atom is 0.239 e. The van der Waals surface area contributed by atoms with E-state index in [0.29, 0.717) is 0 Å². The van der Waals surface area contributed by atoms with Crippen LogP contribution >= 0.6 is 0 Å². The second-order valence-electron chi connectivity index (χ2n) is 4.40. The Labute approximate surface area is 95.8 Å². The molecular weight excluding hydrogens is 208 g/mol. The molecule has 0 aromatic heterocycles. The Morgan fingerprint density at radius 1 is 1.38 bits per heavy atom. The van der Waals surface area contributed by atoms with Crippen molar-refractivity contribution < 1.29 is 14.7 Å². The number of rotatable bonds is 3. The molecule has 1 saturated carbocycles. The topological polar surface area (TPSA) is 69.6 Å². The van der Waals surface area contributed by atoms with E-state index in [0.717, 1.165) is 25.7 Å². The summed E-state index contributed by atoms with van der Waals surface area (Å²) >= 11 is 0. The molecule has 0 saturated heterocycles. The summed E-state index contributed by atoms with van der Waals surface area (Å²) in [7, 11) is 1.58. The SMILES string of the molecule is CC(=O)N(C)CC(=O)NC1CCCCC1O. The van der Waals surface area contributed by atoms with Crippen LogP contribution < -0.4 is 5.32 Å². The molecule has 5 nitrogen and oxygen atoms in total. The molecule has 2 amide bonds. The summed E-state index contributed by atoms with van der Waals surface area (Å²) in [5, 5.41) is 12.4. The molecule has 2 unspecified atom stereocenters. The van der Waals surface area contributed by atoms with Gasteiger partial charge in [-0.15, -0.1) is 0 Å². The molecule has 16 heavy (non-hydrogen) atoms. The zero-order valence-corrected chi connectivity index (χ0v) is 9.90. The van der Waals surface area contributed by atoms with Gasteiger partial charge in [-0.2, -0.15) is 0 Å². The quantitative estimate of drug-likeness (QED) is 0.708. The minimum Gasteiger partial charge on any atom is -0.391 e. The summed E-state index contributed by atoms with van der Waals surface area (Å²) in [4.78, 5) is 23.8. The normalized spacial score (nSPS) is 24.9. The molecule has 0 aliphatic heterocycles. The molecule has 0 spiro atoms. The summed E-state index contributed by atoms with van der Waals surface area (Å²) < 4.78 is 0. The van der Waals surface area contributed by atoms with Crippen LogP contribution in [0.4, 0.5) is 0 Å². The van der Waals surface area contributed by atoms with Crippen molar-refractivity contribution in [3.63, 3.8) is 0 Å². The van der Waals surface area contributed by atoms with E-state index in [-0.39, 0.29) is 24.4 Å². The zero-order chi connectivity index (χ0) is 12.1. The van der Waals surface area contributed by atoms with Gasteiger partial charge in [-0.05, 0) is 12.8 Å². The van der Waals surface area contributed by atoms with E-state index in [2.05, 4.69) is 5.32 Å². The largest absolute Gasteiger partial charge is 0.391 e. The highest BCUT2D eigenvalue weighted by molar-refractivity contribution is 5.83. The maximum atomic E-state index is 11.6. The Hall–Kier alpha value is -1.10. The summed E-state index contributed by atoms with van der Waals surface area (Å²) in [6, 6.07) is -0.151. The lowest BCUT2D eigenvalue weighted by Crippen LogP contribution is -2.48. The van der Waals surface area contributed by atoms with Crippen LogP contribution in [-0.4, -0.2) is 47.6 Å². The fourth-order valence-corrected chi connectivity index (χ4v) is 1.86. The lowest BCUT2D eigenvalue weighted by atomic mass is 9.92. The third-order valence-electron chi connectivity index (χ3n) is 2.99. The molecule has 0 aromatic rings. The first-order valence-electron chi connectivity index (χ1n) is 5.70. The fraction of sp³-hybridized carbons (Fsp3) is 0.818. The van der Waals surface area contributed by atoms with Gasteiger partial charge < -0.3 is 15.3 Å². The zero-order valence-electron chi connectivity index (χ0n) is 9.90. The van der Waals surface area contributed by atoms with E-state index in [1.807, 2.05) is 0 Å². The molecule has 0 heterocycles. The number of carbonyl (C=O) groups excluding carboxylic acids is 2. The highest BCUT2D eigenvalue weighted by atomic mass is 16.3. The van der Waals surface area contributed by atoms with Crippen molar-refractivity contribution in [3.8, 4) is 0 Å². The maximum absolute atomic E-state index is 11.6. The molecule has 2 atom stereocenters. The van der Waals surface area contributed by atoms with Gasteiger partial charge in [0.15, 0.2) is 0 Å². The molecule has 92 valence electrons. The van der Waals surface area contributed by atoms with Gasteiger partial charge in [0, 0.05) is 14.0 Å². The predicted molar refractivity (Wildman–Crippen MR) is 59.7 cm³/mol. The number of hydrogen-bond acceptors (Lipinski definition) is 3. The molecule has 2 N–H and O–H groups in total. The molecule has 5 heteroatoms. The number of nitrogens with one attached hydrogen (secondary N) is 1. The van der Waals surface area contributed by atoms with Crippen molar-refractivity contribution in [1.29, 1.82) is 0 Å². The number of aliphatic hydroxyl groups excluding tert-OH is 1. The number of likely N-dealkylation sites (N-methyl/N-ethyl adjacent to an activating group) is 1. The van der Waals surface area contributed by atoms with E-state index in [4.69, 9.17) is 0 Å². The molecule has 0 bridgehead atoms. The van der Waals surface area contributed by atoms with Gasteiger partial charge in [0.05, 0.1) is 18.7 Å². The molecule has 1 rings (SSSR count). The van der Waals surface area contributed by atoms with Crippen LogP contribution in [0.5, 0.6) is 0 Å². The van der Waals surface area contributed by atoms with Gasteiger partial charge in [0.25, 0.3) is 0 Å². The molecule has 0 aromatic carbocycles. The number of hydrogen-bond donors (Lipinski definition) is 2. The highest BCUT2D eigenvalue weighted by Gasteiger charge is 2.24. The smallest absolute Gasteiger partial charge is 0.239 e. The third kappa shape index (κ3) is 3.81. The summed E-state index contributed by atoms with van der Waals surface area (Å²) in [5.74, 6) is -0.344. The van der Waals surface area contributed by atoms with Crippen LogP contribution in [0.2, 0.25) is 0 Å². The predicted octanol–water partition coefficient (Wildman–Crippen LogP) is -0.116. The molecule has 1 fully saturated rings. The van der Waals surface area contributed by atoms with E-state index < -0.39 is 6.10 Å². The fourth-order valence-electron chi connectivity index (χ4n) is 1.86. The van der Waals surface area contributed by atoms with Crippen LogP contribution in [0.15, 0.2) is 0 Å². The average molecular weight is 228 g/mol. The van der Waals surface area contributed by atoms with Crippen LogP contribution in [0, 0.1) is 0 Å². The van der Waals surface area contributed by atoms with Crippen LogP contribution in [0.3, 0.4) is 0 Å². The second kappa shape index (κ2) is 5.84. The Morgan fingerprint density at radius 3 is 2.56 bits per heavy atom. The van der Waals surface area contributed by atoms with E-state index in [9.17, 15) is 14.7 Å². The molecule has 0 radical (unpaired) electrons. The van der Waals surface area contributed by atoms with Crippen molar-refractivity contribution >= 4 is 11.8 Å². The van der Waals surface area contributed by atoms with Gasteiger partial charge in [0.2, 0.25) is 11.8 Å². The standard InChI is InChI=1S/C11H20N2O3/c1-8(14)13(2)7-11(16)12-9-5-3-4-6-10(9)15/h9-10,15H,3-7H2,1-2H3,(H,12,16). The molecular formula is C11H20N2O3. The lowest BCUT2D eigenvalue weighted by Gasteiger charge is -2.29. The van der Waals surface area contributed by atoms with Crippen LogP contribution in [0.1, 0.15) is 32.6 Å². The third-order valence-corrected chi connectivity index (χ3v) is 2.99. The highest BCUT2D eigenvalue weighted by Crippen LogP contribution is 2.18. The van der Waals surface area contributed by atoms with Crippen LogP contribution in [-0.2, 0) is 9.59 Å². The van der Waals surface area contributed by atoms with Crippen molar-refractivity contribution in [2.24, 2.45) is 0 Å². The minimum absolute atomic E-state index is 0.0541. The van der Waals surface area contributed by atoms with Crippen LogP contribution in [0.25, 0.3) is 0 Å². The van der Waals surface area contributed by atoms with E-state index in [1.54, 1.807) is 7.05 Å². The number of carbonyl (C=O) groups is 2. The summed E-state index contributed by atoms with van der Waals surface area (Å²) in [5.41, 5.74) is 0. The minimum atomic E-state index is -0.444. The van der Waals surface area contributed by atoms with Gasteiger partial charge in [-0.25, -0.2) is 0 Å². The molecule has 1 aliphatic carbocycles. The Kier molecular flexibility index (Phi) is 4.73. The monoisotopic (exact) mass is 228 g/mol. The first-order valence-corrected chi connectivity index (χ1v) is 5.70. The first-order chi connectivity index (χ1) is 7.50. The van der Waals surface area contributed by atoms with Crippen molar-refractivity contribution in [2.75, 3.05) is 13.6 Å². The van der Waals surface area contributed by atoms with Gasteiger partial charge in [-0.3, -0.25) is 9.59 Å². The van der Waals surface area contributed by atoms with Gasteiger partial charge >= 0.3 is 0 Å². The van der Waals surface area contributed by atoms with Crippen molar-refractivity contribution in [1.82, 2.24) is 10.2 Å². The number of amides is 2. The first kappa shape index (κ1) is 13.0. The Balaban J connectivity index is 2.35. The van der Waals surface area contributed by atoms with E-state index >= 15 is 0 Å². The summed E-state index contributed by atoms with van der Waals surface area (Å²) in [6.45, 7) is 1.47. The van der Waals surface area contributed by atoms with Gasteiger partial charge in [-0.1, -0.05) is 12.8 Å². The second-order valence-corrected chi connectivity index (χ2v) is 4.40. The Bertz CT molecular complexity index is 268. The number of nitrogens with zero attached hydrogens (tertiary/aromatic N) is 1. The van der Waals surface area contributed by atoms with E-state index in [1.165, 1.54) is 11.8 Å².